The van der Waals surface area contributed by atoms with Gasteiger partial charge in [0.15, 0.2) is 0 Å². The highest BCUT2D eigenvalue weighted by molar-refractivity contribution is 9.10. The average Bonchev–Trinajstić information content (AvgIpc) is 3.07. The molecule has 4 rings (SSSR count). The Bertz CT molecular complexity index is 822. The van der Waals surface area contributed by atoms with E-state index < -0.39 is 0 Å². The Balaban J connectivity index is 1.75. The lowest BCUT2D eigenvalue weighted by atomic mass is 9.81. The van der Waals surface area contributed by atoms with Crippen LogP contribution in [0.1, 0.15) is 43.7 Å². The van der Waals surface area contributed by atoms with E-state index in [1.165, 1.54) is 36.8 Å². The van der Waals surface area contributed by atoms with Crippen LogP contribution in [0.15, 0.2) is 68.6 Å². The molecular weight excluding hydrogens is 424 g/mol. The molecule has 0 nitrogen and oxygen atoms in total. The Morgan fingerprint density at radius 1 is 1.00 bits per heavy atom. The fraction of sp³-hybridized carbons (Fsp3) is 0.273. The van der Waals surface area contributed by atoms with E-state index in [2.05, 4.69) is 94.3 Å². The van der Waals surface area contributed by atoms with Gasteiger partial charge in [-0.3, -0.25) is 0 Å². The Kier molecular flexibility index (Phi) is 4.30. The second-order valence-corrected chi connectivity index (χ2v) is 8.91. The van der Waals surface area contributed by atoms with Crippen LogP contribution < -0.4 is 0 Å². The van der Waals surface area contributed by atoms with Crippen molar-refractivity contribution < 1.29 is 0 Å². The monoisotopic (exact) mass is 442 g/mol. The van der Waals surface area contributed by atoms with Crippen LogP contribution >= 0.6 is 31.9 Å². The fourth-order valence-corrected chi connectivity index (χ4v) is 5.02. The van der Waals surface area contributed by atoms with Crippen molar-refractivity contribution in [3.63, 3.8) is 0 Å². The lowest BCUT2D eigenvalue weighted by Crippen LogP contribution is -2.10. The number of halogens is 2. The van der Waals surface area contributed by atoms with Crippen molar-refractivity contribution in [3.8, 4) is 11.1 Å². The third kappa shape index (κ3) is 2.84. The van der Waals surface area contributed by atoms with Crippen LogP contribution in [0.3, 0.4) is 0 Å². The molecule has 2 aromatic carbocycles. The smallest absolute Gasteiger partial charge is 0.0178 e. The zero-order valence-corrected chi connectivity index (χ0v) is 17.1. The highest BCUT2D eigenvalue weighted by atomic mass is 79.9. The van der Waals surface area contributed by atoms with E-state index in [1.54, 1.807) is 5.57 Å². The van der Waals surface area contributed by atoms with Crippen molar-refractivity contribution in [2.24, 2.45) is 5.92 Å². The van der Waals surface area contributed by atoms with Crippen molar-refractivity contribution in [1.29, 1.82) is 0 Å². The highest BCUT2D eigenvalue weighted by Crippen LogP contribution is 2.51. The zero-order chi connectivity index (χ0) is 16.8. The Morgan fingerprint density at radius 2 is 1.58 bits per heavy atom. The topological polar surface area (TPSA) is 0 Å². The van der Waals surface area contributed by atoms with Gasteiger partial charge in [-0.05, 0) is 72.2 Å². The van der Waals surface area contributed by atoms with Crippen LogP contribution in [0.25, 0.3) is 11.1 Å². The first-order chi connectivity index (χ1) is 11.5. The minimum atomic E-state index is 0.465. The molecule has 24 heavy (non-hydrogen) atoms. The van der Waals surface area contributed by atoms with Crippen LogP contribution in [-0.4, -0.2) is 0 Å². The lowest BCUT2D eigenvalue weighted by Gasteiger charge is -2.23. The first-order valence-electron chi connectivity index (χ1n) is 8.48. The van der Waals surface area contributed by atoms with Gasteiger partial charge < -0.3 is 0 Å². The van der Waals surface area contributed by atoms with Gasteiger partial charge in [0.1, 0.15) is 0 Å². The molecule has 1 atom stereocenters. The Hall–Kier alpha value is -1.12. The van der Waals surface area contributed by atoms with E-state index in [9.17, 15) is 0 Å². The number of hydrogen-bond donors (Lipinski definition) is 0. The summed E-state index contributed by atoms with van der Waals surface area (Å²) in [5.74, 6) is 1.05. The maximum atomic E-state index is 3.67. The SMILES string of the molecule is CC1=CCC(CC(C)C2c3cc(Br)ccc3-c3ccc(Br)cc32)=C1. The highest BCUT2D eigenvalue weighted by Gasteiger charge is 2.33. The summed E-state index contributed by atoms with van der Waals surface area (Å²) >= 11 is 7.34. The minimum absolute atomic E-state index is 0.465. The summed E-state index contributed by atoms with van der Waals surface area (Å²) in [6.45, 7) is 4.60. The van der Waals surface area contributed by atoms with Crippen molar-refractivity contribution in [3.05, 3.63) is 79.8 Å². The Labute approximate surface area is 160 Å². The van der Waals surface area contributed by atoms with Crippen molar-refractivity contribution >= 4 is 31.9 Å². The molecule has 0 saturated carbocycles. The molecule has 0 spiro atoms. The summed E-state index contributed by atoms with van der Waals surface area (Å²) in [5, 5.41) is 0. The van der Waals surface area contributed by atoms with Crippen LogP contribution in [0.4, 0.5) is 0 Å². The first-order valence-corrected chi connectivity index (χ1v) is 10.1. The molecule has 0 saturated heterocycles. The van der Waals surface area contributed by atoms with E-state index in [0.29, 0.717) is 11.8 Å². The van der Waals surface area contributed by atoms with Gasteiger partial charge in [-0.15, -0.1) is 0 Å². The standard InChI is InChI=1S/C22H20Br2/c1-13-3-4-15(9-13)10-14(2)22-20-11-16(23)5-7-18(20)19-8-6-17(24)12-21(19)22/h3,5-9,11-12,14,22H,4,10H2,1-2H3. The molecule has 0 bridgehead atoms. The van der Waals surface area contributed by atoms with Gasteiger partial charge in [-0.2, -0.15) is 0 Å². The molecule has 1 unspecified atom stereocenters. The van der Waals surface area contributed by atoms with Gasteiger partial charge in [-0.1, -0.05) is 74.2 Å². The molecule has 2 heteroatoms. The van der Waals surface area contributed by atoms with Crippen LogP contribution in [0.5, 0.6) is 0 Å². The third-order valence-corrected chi connectivity index (χ3v) is 6.25. The molecule has 0 heterocycles. The van der Waals surface area contributed by atoms with E-state index in [0.717, 1.165) is 12.8 Å². The zero-order valence-electron chi connectivity index (χ0n) is 13.9. The minimum Gasteiger partial charge on any atom is -0.0775 e. The van der Waals surface area contributed by atoms with E-state index in [1.807, 2.05) is 0 Å². The number of fused-ring (bicyclic) bond motifs is 3. The maximum Gasteiger partial charge on any atom is 0.0178 e. The quantitative estimate of drug-likeness (QED) is 0.457. The van der Waals surface area contributed by atoms with Gasteiger partial charge in [0, 0.05) is 14.9 Å². The predicted octanol–water partition coefficient (Wildman–Crippen LogP) is 7.63. The molecule has 2 aromatic rings. The van der Waals surface area contributed by atoms with Crippen LogP contribution in [-0.2, 0) is 0 Å². The summed E-state index contributed by atoms with van der Waals surface area (Å²) in [4.78, 5) is 0. The normalized spacial score (nSPS) is 17.3. The molecule has 122 valence electrons. The third-order valence-electron chi connectivity index (χ3n) is 5.26. The Morgan fingerprint density at radius 3 is 2.08 bits per heavy atom. The van der Waals surface area contributed by atoms with Crippen molar-refractivity contribution in [2.75, 3.05) is 0 Å². The fourth-order valence-electron chi connectivity index (χ4n) is 4.26. The van der Waals surface area contributed by atoms with Gasteiger partial charge in [-0.25, -0.2) is 0 Å². The molecular formula is C22H20Br2. The molecule has 2 aliphatic rings. The predicted molar refractivity (Wildman–Crippen MR) is 109 cm³/mol. The summed E-state index contributed by atoms with van der Waals surface area (Å²) in [6.07, 6.45) is 7.00. The molecule has 2 aliphatic carbocycles. The molecule has 0 N–H and O–H groups in total. The summed E-state index contributed by atoms with van der Waals surface area (Å²) in [7, 11) is 0. The number of rotatable bonds is 3. The maximum absolute atomic E-state index is 3.67. The summed E-state index contributed by atoms with van der Waals surface area (Å²) in [6, 6.07) is 13.5. The van der Waals surface area contributed by atoms with Gasteiger partial charge in [0.25, 0.3) is 0 Å². The molecule has 0 radical (unpaired) electrons. The van der Waals surface area contributed by atoms with Gasteiger partial charge >= 0.3 is 0 Å². The van der Waals surface area contributed by atoms with Crippen LogP contribution in [0, 0.1) is 5.92 Å². The molecule has 0 aliphatic heterocycles. The molecule has 0 amide bonds. The second-order valence-electron chi connectivity index (χ2n) is 7.08. The van der Waals surface area contributed by atoms with E-state index >= 15 is 0 Å². The van der Waals surface area contributed by atoms with E-state index in [-0.39, 0.29) is 0 Å². The lowest BCUT2D eigenvalue weighted by molar-refractivity contribution is 0.512. The van der Waals surface area contributed by atoms with E-state index in [4.69, 9.17) is 0 Å². The molecule has 0 aromatic heterocycles. The average molecular weight is 444 g/mol. The summed E-state index contributed by atoms with van der Waals surface area (Å²) in [5.41, 5.74) is 8.70. The number of benzene rings is 2. The van der Waals surface area contributed by atoms with Gasteiger partial charge in [0.2, 0.25) is 0 Å². The van der Waals surface area contributed by atoms with Gasteiger partial charge in [0.05, 0.1) is 0 Å². The number of hydrogen-bond acceptors (Lipinski definition) is 0. The molecule has 0 fully saturated rings. The van der Waals surface area contributed by atoms with Crippen molar-refractivity contribution in [2.45, 2.75) is 32.6 Å². The number of allylic oxidation sites excluding steroid dienone is 4. The van der Waals surface area contributed by atoms with Crippen molar-refractivity contribution in [1.82, 2.24) is 0 Å². The van der Waals surface area contributed by atoms with Crippen LogP contribution in [0.2, 0.25) is 0 Å². The second kappa shape index (κ2) is 6.31. The largest absolute Gasteiger partial charge is 0.0775 e. The first kappa shape index (κ1) is 16.4. The summed E-state index contributed by atoms with van der Waals surface area (Å²) < 4.78 is 2.34.